The largest absolute Gasteiger partial charge is 0.490 e. The predicted molar refractivity (Wildman–Crippen MR) is 189 cm³/mol. The molecule has 0 bridgehead atoms. The highest BCUT2D eigenvalue weighted by molar-refractivity contribution is 5.97. The van der Waals surface area contributed by atoms with Crippen LogP contribution >= 0.6 is 0 Å². The molecule has 2 aliphatic heterocycles. The summed E-state index contributed by atoms with van der Waals surface area (Å²) in [5, 5.41) is 3.40. The highest BCUT2D eigenvalue weighted by atomic mass is 19.1. The van der Waals surface area contributed by atoms with Crippen LogP contribution in [0.1, 0.15) is 61.6 Å². The average Bonchev–Trinajstić information content (AvgIpc) is 3.09. The molecule has 1 aliphatic carbocycles. The number of hydrogen-bond acceptors (Lipinski definition) is 10. The first kappa shape index (κ1) is 33.6. The van der Waals surface area contributed by atoms with Gasteiger partial charge in [0.1, 0.15) is 35.6 Å². The molecule has 0 atom stereocenters. The Bertz CT molecular complexity index is 1790. The minimum atomic E-state index is -0.494. The second-order valence-corrected chi connectivity index (χ2v) is 13.9. The van der Waals surface area contributed by atoms with Gasteiger partial charge in [-0.15, -0.1) is 0 Å². The Morgan fingerprint density at radius 3 is 2.72 bits per heavy atom. The number of anilines is 2. The molecule has 4 aromatic rings. The maximum Gasteiger partial charge on any atom is 0.257 e. The molecule has 50 heavy (non-hydrogen) atoms. The second kappa shape index (κ2) is 14.6. The molecule has 1 spiro atoms. The third-order valence-corrected chi connectivity index (χ3v) is 10.0. The fourth-order valence-electron chi connectivity index (χ4n) is 7.49. The lowest BCUT2D eigenvalue weighted by atomic mass is 9.61. The van der Waals surface area contributed by atoms with Crippen molar-refractivity contribution in [1.82, 2.24) is 29.7 Å². The molecule has 3 aromatic heterocycles. The summed E-state index contributed by atoms with van der Waals surface area (Å²) in [6, 6.07) is 11.9. The summed E-state index contributed by atoms with van der Waals surface area (Å²) in [5.74, 6) is 2.46. The van der Waals surface area contributed by atoms with Crippen molar-refractivity contribution in [3.63, 3.8) is 0 Å². The van der Waals surface area contributed by atoms with Crippen molar-refractivity contribution in [1.29, 1.82) is 0 Å². The Balaban J connectivity index is 0.940. The van der Waals surface area contributed by atoms with Crippen molar-refractivity contribution < 1.29 is 18.7 Å². The van der Waals surface area contributed by atoms with Crippen LogP contribution in [0.25, 0.3) is 0 Å². The van der Waals surface area contributed by atoms with E-state index >= 15 is 0 Å². The molecule has 262 valence electrons. The first-order valence-corrected chi connectivity index (χ1v) is 17.6. The second-order valence-electron chi connectivity index (χ2n) is 13.9. The Morgan fingerprint density at radius 1 is 1.08 bits per heavy atom. The SMILES string of the molecule is CCN(C(=O)c1cc(F)ccc1Oc1cncnc1N1CC2(CC(Oc3ccnc4c3CN(CCCNc3ccccn3)CC4)C2)C1)C(C)C. The van der Waals surface area contributed by atoms with Gasteiger partial charge in [0.15, 0.2) is 11.6 Å². The standard InChI is InChI=1S/C38H45FN8O3/c1-4-47(26(2)3)37(48)29-18-27(39)9-10-32(29)50-34-21-40-25-44-36(34)46-23-38(24-46)19-28(20-38)49-33-11-15-41-31-12-17-45(22-30(31)33)16-7-14-43-35-8-5-6-13-42-35/h5-6,8-11,13,15,18,21,25-26,28H,4,7,12,14,16-17,19-20,22-24H2,1-3H3,(H,42,43). The van der Waals surface area contributed by atoms with Gasteiger partial charge in [-0.2, -0.15) is 0 Å². The highest BCUT2D eigenvalue weighted by Gasteiger charge is 2.54. The number of nitrogens with zero attached hydrogens (tertiary/aromatic N) is 7. The Hall–Kier alpha value is -4.84. The number of nitrogens with one attached hydrogen (secondary N) is 1. The van der Waals surface area contributed by atoms with E-state index in [-0.39, 0.29) is 34.8 Å². The van der Waals surface area contributed by atoms with E-state index in [0.29, 0.717) is 18.1 Å². The number of benzene rings is 1. The number of carbonyl (C=O) groups is 1. The number of aromatic nitrogens is 4. The van der Waals surface area contributed by atoms with E-state index in [1.165, 1.54) is 30.1 Å². The first-order chi connectivity index (χ1) is 24.3. The number of hydrogen-bond donors (Lipinski definition) is 1. The molecule has 2 fully saturated rings. The predicted octanol–water partition coefficient (Wildman–Crippen LogP) is 5.98. The lowest BCUT2D eigenvalue weighted by Crippen LogP contribution is -2.65. The fraction of sp³-hybridized carbons (Fsp3) is 0.447. The molecule has 1 aromatic carbocycles. The van der Waals surface area contributed by atoms with Crippen LogP contribution in [0, 0.1) is 11.2 Å². The molecule has 0 unspecified atom stereocenters. The van der Waals surface area contributed by atoms with Crippen molar-refractivity contribution in [3.05, 3.63) is 90.0 Å². The van der Waals surface area contributed by atoms with Crippen molar-refractivity contribution in [2.24, 2.45) is 5.41 Å². The molecule has 11 nitrogen and oxygen atoms in total. The number of halogens is 1. The minimum absolute atomic E-state index is 0.0401. The molecule has 1 amide bonds. The number of amides is 1. The normalized spacial score (nSPS) is 16.8. The van der Waals surface area contributed by atoms with E-state index < -0.39 is 5.82 Å². The van der Waals surface area contributed by atoms with E-state index in [0.717, 1.165) is 82.2 Å². The molecule has 12 heteroatoms. The average molecular weight is 681 g/mol. The smallest absolute Gasteiger partial charge is 0.257 e. The van der Waals surface area contributed by atoms with Gasteiger partial charge in [0.05, 0.1) is 11.8 Å². The summed E-state index contributed by atoms with van der Waals surface area (Å²) >= 11 is 0. The van der Waals surface area contributed by atoms with Gasteiger partial charge in [-0.05, 0) is 76.4 Å². The fourth-order valence-corrected chi connectivity index (χ4v) is 7.49. The Labute approximate surface area is 292 Å². The van der Waals surface area contributed by atoms with Crippen LogP contribution in [0.3, 0.4) is 0 Å². The molecule has 1 saturated carbocycles. The topological polar surface area (TPSA) is 109 Å². The van der Waals surface area contributed by atoms with Crippen LogP contribution in [0.15, 0.2) is 67.4 Å². The van der Waals surface area contributed by atoms with Crippen molar-refractivity contribution >= 4 is 17.5 Å². The van der Waals surface area contributed by atoms with E-state index in [2.05, 4.69) is 35.1 Å². The summed E-state index contributed by atoms with van der Waals surface area (Å²) in [7, 11) is 0. The van der Waals surface area contributed by atoms with E-state index in [1.54, 1.807) is 17.3 Å². The van der Waals surface area contributed by atoms with Gasteiger partial charge in [-0.1, -0.05) is 6.07 Å². The summed E-state index contributed by atoms with van der Waals surface area (Å²) < 4.78 is 27.2. The zero-order valence-electron chi connectivity index (χ0n) is 29.0. The van der Waals surface area contributed by atoms with Crippen molar-refractivity contribution in [3.8, 4) is 17.2 Å². The van der Waals surface area contributed by atoms with Gasteiger partial charge in [0, 0.05) is 87.3 Å². The van der Waals surface area contributed by atoms with Crippen LogP contribution in [-0.2, 0) is 13.0 Å². The van der Waals surface area contributed by atoms with E-state index in [1.807, 2.05) is 51.2 Å². The molecule has 5 heterocycles. The van der Waals surface area contributed by atoms with Crippen LogP contribution in [0.2, 0.25) is 0 Å². The number of ether oxygens (including phenoxy) is 2. The third kappa shape index (κ3) is 7.21. The van der Waals surface area contributed by atoms with E-state index in [4.69, 9.17) is 9.47 Å². The Morgan fingerprint density at radius 2 is 1.94 bits per heavy atom. The summed E-state index contributed by atoms with van der Waals surface area (Å²) in [4.78, 5) is 37.5. The van der Waals surface area contributed by atoms with Gasteiger partial charge in [-0.3, -0.25) is 14.7 Å². The molecule has 1 saturated heterocycles. The van der Waals surface area contributed by atoms with Crippen LogP contribution in [0.5, 0.6) is 17.2 Å². The van der Waals surface area contributed by atoms with E-state index in [9.17, 15) is 9.18 Å². The van der Waals surface area contributed by atoms with Gasteiger partial charge < -0.3 is 24.6 Å². The zero-order chi connectivity index (χ0) is 34.7. The molecular formula is C38H45FN8O3. The molecule has 1 N–H and O–H groups in total. The monoisotopic (exact) mass is 680 g/mol. The molecule has 7 rings (SSSR count). The lowest BCUT2D eigenvalue weighted by Gasteiger charge is -2.59. The van der Waals surface area contributed by atoms with Gasteiger partial charge >= 0.3 is 0 Å². The lowest BCUT2D eigenvalue weighted by molar-refractivity contribution is -0.0352. The number of fused-ring (bicyclic) bond motifs is 1. The van der Waals surface area contributed by atoms with Crippen molar-refractivity contribution in [2.45, 2.75) is 65.1 Å². The molecular weight excluding hydrogens is 635 g/mol. The van der Waals surface area contributed by atoms with Crippen molar-refractivity contribution in [2.75, 3.05) is 49.5 Å². The maximum atomic E-state index is 14.3. The minimum Gasteiger partial charge on any atom is -0.490 e. The van der Waals surface area contributed by atoms with Crippen LogP contribution in [0.4, 0.5) is 16.0 Å². The zero-order valence-corrected chi connectivity index (χ0v) is 29.0. The highest BCUT2D eigenvalue weighted by Crippen LogP contribution is 2.52. The summed E-state index contributed by atoms with van der Waals surface area (Å²) in [6.07, 6.45) is 10.8. The van der Waals surface area contributed by atoms with Gasteiger partial charge in [-0.25, -0.2) is 19.3 Å². The Kier molecular flexibility index (Phi) is 9.80. The summed E-state index contributed by atoms with van der Waals surface area (Å²) in [5.41, 5.74) is 2.68. The van der Waals surface area contributed by atoms with Gasteiger partial charge in [0.25, 0.3) is 5.91 Å². The maximum absolute atomic E-state index is 14.3. The number of rotatable bonds is 13. The summed E-state index contributed by atoms with van der Waals surface area (Å²) in [6.45, 7) is 11.6. The molecule has 0 radical (unpaired) electrons. The van der Waals surface area contributed by atoms with Gasteiger partial charge in [0.2, 0.25) is 0 Å². The molecule has 3 aliphatic rings. The number of carbonyl (C=O) groups excluding carboxylic acids is 1. The third-order valence-electron chi connectivity index (χ3n) is 10.0. The number of pyridine rings is 2. The quantitative estimate of drug-likeness (QED) is 0.170. The van der Waals surface area contributed by atoms with Crippen LogP contribution in [-0.4, -0.2) is 87.1 Å². The van der Waals surface area contributed by atoms with Crippen LogP contribution < -0.4 is 19.7 Å². The first-order valence-electron chi connectivity index (χ1n) is 17.6.